The highest BCUT2D eigenvalue weighted by atomic mass is 16.1. The van der Waals surface area contributed by atoms with Gasteiger partial charge < -0.3 is 5.32 Å². The molecule has 2 rings (SSSR count). The number of carbonyl (C=O) groups is 1. The molecule has 18 heavy (non-hydrogen) atoms. The Morgan fingerprint density at radius 1 is 1.22 bits per heavy atom. The average molecular weight is 237 g/mol. The number of carbonyl (C=O) groups excluding carboxylic acids is 1. The number of anilines is 1. The van der Waals surface area contributed by atoms with E-state index >= 15 is 0 Å². The molecular weight excluding hydrogens is 226 g/mol. The molecule has 2 aromatic rings. The van der Waals surface area contributed by atoms with Crippen molar-refractivity contribution >= 4 is 11.6 Å². The maximum absolute atomic E-state index is 11.8. The van der Waals surface area contributed by atoms with Crippen molar-refractivity contribution in [2.45, 2.75) is 6.92 Å². The summed E-state index contributed by atoms with van der Waals surface area (Å²) < 4.78 is 0. The van der Waals surface area contributed by atoms with Gasteiger partial charge in [0.05, 0.1) is 5.56 Å². The van der Waals surface area contributed by atoms with Crippen molar-refractivity contribution < 1.29 is 4.79 Å². The summed E-state index contributed by atoms with van der Waals surface area (Å²) in [6.45, 7) is 1.98. The minimum atomic E-state index is -0.289. The molecule has 0 saturated heterocycles. The summed E-state index contributed by atoms with van der Waals surface area (Å²) in [7, 11) is 0. The van der Waals surface area contributed by atoms with Gasteiger partial charge in [-0.2, -0.15) is 5.26 Å². The third-order valence-electron chi connectivity index (χ3n) is 2.43. The minimum Gasteiger partial charge on any atom is -0.321 e. The predicted octanol–water partition coefficient (Wildman–Crippen LogP) is 2.51. The van der Waals surface area contributed by atoms with Gasteiger partial charge in [-0.05, 0) is 31.2 Å². The first kappa shape index (κ1) is 11.8. The number of aromatic nitrogens is 1. The van der Waals surface area contributed by atoms with Crippen molar-refractivity contribution in [1.29, 1.82) is 5.26 Å². The Morgan fingerprint density at radius 3 is 2.50 bits per heavy atom. The van der Waals surface area contributed by atoms with E-state index in [2.05, 4.69) is 10.3 Å². The summed E-state index contributed by atoms with van der Waals surface area (Å²) in [5.41, 5.74) is 2.57. The highest BCUT2D eigenvalue weighted by Crippen LogP contribution is 2.10. The van der Waals surface area contributed by atoms with Gasteiger partial charge in [0.2, 0.25) is 0 Å². The van der Waals surface area contributed by atoms with Crippen LogP contribution in [0.3, 0.4) is 0 Å². The van der Waals surface area contributed by atoms with Gasteiger partial charge in [-0.15, -0.1) is 0 Å². The molecule has 1 amide bonds. The number of nitrogens with zero attached hydrogens (tertiary/aromatic N) is 2. The SMILES string of the molecule is Cc1ccc(NC(=O)c2ccc(C#N)cn2)cc1. The van der Waals surface area contributed by atoms with Gasteiger partial charge in [0.25, 0.3) is 5.91 Å². The lowest BCUT2D eigenvalue weighted by atomic mass is 10.2. The van der Waals surface area contributed by atoms with Crippen LogP contribution in [0.5, 0.6) is 0 Å². The molecule has 0 atom stereocenters. The number of rotatable bonds is 2. The Bertz CT molecular complexity index is 594. The fraction of sp³-hybridized carbons (Fsp3) is 0.0714. The normalized spacial score (nSPS) is 9.56. The molecule has 1 aromatic heterocycles. The first-order valence-corrected chi connectivity index (χ1v) is 5.43. The lowest BCUT2D eigenvalue weighted by molar-refractivity contribution is 0.102. The van der Waals surface area contributed by atoms with E-state index < -0.39 is 0 Å². The molecule has 0 aliphatic heterocycles. The predicted molar refractivity (Wildman–Crippen MR) is 68.1 cm³/mol. The third-order valence-corrected chi connectivity index (χ3v) is 2.43. The second kappa shape index (κ2) is 5.11. The molecule has 4 heteroatoms. The van der Waals surface area contributed by atoms with Crippen molar-refractivity contribution in [2.75, 3.05) is 5.32 Å². The number of nitrogens with one attached hydrogen (secondary N) is 1. The van der Waals surface area contributed by atoms with Crippen LogP contribution in [0.25, 0.3) is 0 Å². The summed E-state index contributed by atoms with van der Waals surface area (Å²) in [5.74, 6) is -0.289. The first-order valence-electron chi connectivity index (χ1n) is 5.43. The number of nitriles is 1. The van der Waals surface area contributed by atoms with E-state index in [-0.39, 0.29) is 11.6 Å². The second-order valence-electron chi connectivity index (χ2n) is 3.86. The zero-order valence-corrected chi connectivity index (χ0v) is 9.84. The van der Waals surface area contributed by atoms with Gasteiger partial charge in [0.1, 0.15) is 11.8 Å². The van der Waals surface area contributed by atoms with Crippen molar-refractivity contribution in [3.8, 4) is 6.07 Å². The fourth-order valence-electron chi connectivity index (χ4n) is 1.43. The second-order valence-corrected chi connectivity index (χ2v) is 3.86. The van der Waals surface area contributed by atoms with Crippen molar-refractivity contribution in [2.24, 2.45) is 0 Å². The summed E-state index contributed by atoms with van der Waals surface area (Å²) in [4.78, 5) is 15.8. The number of pyridine rings is 1. The lowest BCUT2D eigenvalue weighted by Gasteiger charge is -2.04. The number of hydrogen-bond donors (Lipinski definition) is 1. The zero-order valence-electron chi connectivity index (χ0n) is 9.84. The zero-order chi connectivity index (χ0) is 13.0. The van der Waals surface area contributed by atoms with Crippen molar-refractivity contribution in [1.82, 2.24) is 4.98 Å². The lowest BCUT2D eigenvalue weighted by Crippen LogP contribution is -2.13. The van der Waals surface area contributed by atoms with E-state index in [1.165, 1.54) is 12.3 Å². The molecule has 0 unspecified atom stereocenters. The molecule has 0 aliphatic rings. The van der Waals surface area contributed by atoms with Crippen LogP contribution in [0.4, 0.5) is 5.69 Å². The van der Waals surface area contributed by atoms with Gasteiger partial charge in [0.15, 0.2) is 0 Å². The van der Waals surface area contributed by atoms with Crippen LogP contribution in [-0.2, 0) is 0 Å². The van der Waals surface area contributed by atoms with E-state index in [0.717, 1.165) is 11.3 Å². The fourth-order valence-corrected chi connectivity index (χ4v) is 1.43. The van der Waals surface area contributed by atoms with E-state index in [1.807, 2.05) is 37.3 Å². The Morgan fingerprint density at radius 2 is 1.94 bits per heavy atom. The Balaban J connectivity index is 2.12. The van der Waals surface area contributed by atoms with E-state index in [4.69, 9.17) is 5.26 Å². The van der Waals surface area contributed by atoms with Gasteiger partial charge in [-0.25, -0.2) is 4.98 Å². The summed E-state index contributed by atoms with van der Waals surface area (Å²) in [6, 6.07) is 12.5. The molecule has 1 N–H and O–H groups in total. The number of amides is 1. The Hall–Kier alpha value is -2.67. The summed E-state index contributed by atoms with van der Waals surface area (Å²) in [6.07, 6.45) is 1.38. The molecule has 0 fully saturated rings. The molecular formula is C14H11N3O. The Labute approximate surface area is 105 Å². The molecule has 4 nitrogen and oxygen atoms in total. The van der Waals surface area contributed by atoms with E-state index in [9.17, 15) is 4.79 Å². The molecule has 0 radical (unpaired) electrons. The van der Waals surface area contributed by atoms with E-state index in [0.29, 0.717) is 5.56 Å². The number of hydrogen-bond acceptors (Lipinski definition) is 3. The monoisotopic (exact) mass is 237 g/mol. The van der Waals surface area contributed by atoms with Gasteiger partial charge in [-0.1, -0.05) is 17.7 Å². The minimum absolute atomic E-state index is 0.287. The van der Waals surface area contributed by atoms with Gasteiger partial charge >= 0.3 is 0 Å². The molecule has 0 spiro atoms. The number of aryl methyl sites for hydroxylation is 1. The van der Waals surface area contributed by atoms with Crippen molar-refractivity contribution in [3.05, 3.63) is 59.4 Å². The highest BCUT2D eigenvalue weighted by Gasteiger charge is 2.07. The third kappa shape index (κ3) is 2.71. The summed E-state index contributed by atoms with van der Waals surface area (Å²) in [5, 5.41) is 11.4. The highest BCUT2D eigenvalue weighted by molar-refractivity contribution is 6.02. The van der Waals surface area contributed by atoms with Crippen LogP contribution >= 0.6 is 0 Å². The molecule has 0 aliphatic carbocycles. The van der Waals surface area contributed by atoms with Crippen LogP contribution in [-0.4, -0.2) is 10.9 Å². The number of benzene rings is 1. The van der Waals surface area contributed by atoms with Crippen LogP contribution < -0.4 is 5.32 Å². The van der Waals surface area contributed by atoms with Crippen LogP contribution in [0.1, 0.15) is 21.6 Å². The topological polar surface area (TPSA) is 65.8 Å². The van der Waals surface area contributed by atoms with Crippen LogP contribution in [0.15, 0.2) is 42.6 Å². The summed E-state index contributed by atoms with van der Waals surface area (Å²) >= 11 is 0. The Kier molecular flexibility index (Phi) is 3.35. The largest absolute Gasteiger partial charge is 0.321 e. The van der Waals surface area contributed by atoms with Gasteiger partial charge in [-0.3, -0.25) is 4.79 Å². The molecule has 88 valence electrons. The average Bonchev–Trinajstić information content (AvgIpc) is 2.41. The molecule has 0 saturated carbocycles. The molecule has 1 aromatic carbocycles. The van der Waals surface area contributed by atoms with Crippen molar-refractivity contribution in [3.63, 3.8) is 0 Å². The van der Waals surface area contributed by atoms with Gasteiger partial charge in [0, 0.05) is 11.9 Å². The maximum atomic E-state index is 11.8. The quantitative estimate of drug-likeness (QED) is 0.872. The van der Waals surface area contributed by atoms with Crippen LogP contribution in [0.2, 0.25) is 0 Å². The molecule has 0 bridgehead atoms. The maximum Gasteiger partial charge on any atom is 0.274 e. The standard InChI is InChI=1S/C14H11N3O/c1-10-2-5-12(6-3-10)17-14(18)13-7-4-11(8-15)9-16-13/h2-7,9H,1H3,(H,17,18). The first-order chi connectivity index (χ1) is 8.69. The van der Waals surface area contributed by atoms with E-state index in [1.54, 1.807) is 6.07 Å². The van der Waals surface area contributed by atoms with Crippen LogP contribution in [0, 0.1) is 18.3 Å². The smallest absolute Gasteiger partial charge is 0.274 e. The molecule has 1 heterocycles.